The molecule has 6 rings (SSSR count). The maximum Gasteiger partial charge on any atom is 0.344 e. The molecule has 0 atom stereocenters. The second-order valence-corrected chi connectivity index (χ2v) is 7.35. The summed E-state index contributed by atoms with van der Waals surface area (Å²) in [6.45, 7) is 0. The summed E-state index contributed by atoms with van der Waals surface area (Å²) < 4.78 is 31.4. The predicted octanol–water partition coefficient (Wildman–Crippen LogP) is 5.32. The van der Waals surface area contributed by atoms with Gasteiger partial charge in [0.25, 0.3) is 0 Å². The third-order valence-electron chi connectivity index (χ3n) is 5.56. The molecule has 0 aliphatic carbocycles. The maximum atomic E-state index is 14.1. The van der Waals surface area contributed by atoms with Crippen LogP contribution in [0.2, 0.25) is 0 Å². The Morgan fingerprint density at radius 3 is 1.77 bits per heavy atom. The quantitative estimate of drug-likeness (QED) is 0.342. The van der Waals surface area contributed by atoms with Crippen LogP contribution in [0.5, 0.6) is 11.5 Å². The van der Waals surface area contributed by atoms with Crippen molar-refractivity contribution < 1.29 is 18.0 Å². The van der Waals surface area contributed by atoms with E-state index >= 15 is 0 Å². The number of hydrogen-bond donors (Lipinski definition) is 0. The Hall–Kier alpha value is -4.19. The van der Waals surface area contributed by atoms with Crippen molar-refractivity contribution in [3.63, 3.8) is 0 Å². The van der Waals surface area contributed by atoms with E-state index in [0.29, 0.717) is 39.0 Å². The third kappa shape index (κ3) is 2.55. The van der Waals surface area contributed by atoms with Crippen molar-refractivity contribution in [1.82, 2.24) is 0 Å². The molecular formula is C25H13FO5. The third-order valence-corrected chi connectivity index (χ3v) is 5.56. The molecule has 2 aromatic heterocycles. The van der Waals surface area contributed by atoms with Crippen LogP contribution >= 0.6 is 0 Å². The minimum absolute atomic E-state index is 0.138. The van der Waals surface area contributed by atoms with E-state index in [1.807, 2.05) is 0 Å². The molecule has 31 heavy (non-hydrogen) atoms. The van der Waals surface area contributed by atoms with Gasteiger partial charge in [-0.15, -0.1) is 0 Å². The summed E-state index contributed by atoms with van der Waals surface area (Å²) in [5.41, 5.74) is 0.122. The van der Waals surface area contributed by atoms with Crippen LogP contribution in [-0.4, -0.2) is 0 Å². The van der Waals surface area contributed by atoms with Crippen molar-refractivity contribution in [2.75, 3.05) is 0 Å². The largest absolute Gasteiger partial charge is 0.455 e. The van der Waals surface area contributed by atoms with E-state index < -0.39 is 23.0 Å². The van der Waals surface area contributed by atoms with E-state index in [0.717, 1.165) is 0 Å². The van der Waals surface area contributed by atoms with Crippen molar-refractivity contribution in [3.8, 4) is 11.5 Å². The van der Waals surface area contributed by atoms with Gasteiger partial charge in [0.1, 0.15) is 28.5 Å². The molecule has 1 aliphatic rings. The van der Waals surface area contributed by atoms with Gasteiger partial charge in [0.2, 0.25) is 0 Å². The maximum absolute atomic E-state index is 14.1. The van der Waals surface area contributed by atoms with E-state index in [-0.39, 0.29) is 11.1 Å². The molecule has 6 heteroatoms. The monoisotopic (exact) mass is 412 g/mol. The molecule has 3 aromatic carbocycles. The molecule has 0 N–H and O–H groups in total. The molecule has 5 nitrogen and oxygen atoms in total. The zero-order chi connectivity index (χ0) is 21.1. The lowest BCUT2D eigenvalue weighted by atomic mass is 9.83. The van der Waals surface area contributed by atoms with Crippen molar-refractivity contribution >= 4 is 21.9 Å². The Balaban J connectivity index is 1.80. The van der Waals surface area contributed by atoms with E-state index in [1.54, 1.807) is 54.6 Å². The van der Waals surface area contributed by atoms with Gasteiger partial charge in [-0.05, 0) is 42.0 Å². The summed E-state index contributed by atoms with van der Waals surface area (Å²) >= 11 is 0. The zero-order valence-electron chi connectivity index (χ0n) is 15.9. The highest BCUT2D eigenvalue weighted by atomic mass is 19.1. The SMILES string of the molecule is O=c1oc2ccccc2c2c1C(c1cccc(F)c1)c1c(c3ccccc3oc1=O)O2. The summed E-state index contributed by atoms with van der Waals surface area (Å²) in [5, 5.41) is 1.17. The van der Waals surface area contributed by atoms with Crippen LogP contribution in [0.25, 0.3) is 21.9 Å². The number of benzene rings is 3. The lowest BCUT2D eigenvalue weighted by Crippen LogP contribution is -2.26. The van der Waals surface area contributed by atoms with E-state index in [9.17, 15) is 14.0 Å². The molecule has 0 bridgehead atoms. The number of para-hydroxylation sites is 2. The Morgan fingerprint density at radius 1 is 0.677 bits per heavy atom. The van der Waals surface area contributed by atoms with Crippen LogP contribution in [0.1, 0.15) is 22.6 Å². The summed E-state index contributed by atoms with van der Waals surface area (Å²) in [6.07, 6.45) is 0. The van der Waals surface area contributed by atoms with Gasteiger partial charge in [-0.2, -0.15) is 0 Å². The molecule has 1 aliphatic heterocycles. The smallest absolute Gasteiger partial charge is 0.344 e. The minimum atomic E-state index is -0.906. The number of halogens is 1. The van der Waals surface area contributed by atoms with Gasteiger partial charge in [0.05, 0.1) is 27.8 Å². The summed E-state index contributed by atoms with van der Waals surface area (Å²) in [7, 11) is 0. The van der Waals surface area contributed by atoms with Crippen LogP contribution in [0.15, 0.2) is 91.2 Å². The Kier molecular flexibility index (Phi) is 3.65. The van der Waals surface area contributed by atoms with Gasteiger partial charge in [0, 0.05) is 0 Å². The number of hydrogen-bond acceptors (Lipinski definition) is 5. The van der Waals surface area contributed by atoms with Gasteiger partial charge < -0.3 is 13.6 Å². The molecule has 0 amide bonds. The molecule has 0 saturated heterocycles. The Labute approximate surface area is 173 Å². The average molecular weight is 412 g/mol. The fraction of sp³-hybridized carbons (Fsp3) is 0.0400. The molecule has 0 fully saturated rings. The number of fused-ring (bicyclic) bond motifs is 6. The topological polar surface area (TPSA) is 69.7 Å². The van der Waals surface area contributed by atoms with Crippen LogP contribution < -0.4 is 16.0 Å². The van der Waals surface area contributed by atoms with Gasteiger partial charge in [-0.25, -0.2) is 14.0 Å². The molecule has 0 spiro atoms. The first-order chi connectivity index (χ1) is 15.1. The molecule has 150 valence electrons. The standard InChI is InChI=1S/C25H13FO5/c26-14-7-5-6-13(12-14)19-20-22(15-8-1-3-10-17(15)29-24(20)27)31-23-16-9-2-4-11-18(16)30-25(28)21(19)23/h1-12,19H. The van der Waals surface area contributed by atoms with Gasteiger partial charge >= 0.3 is 11.3 Å². The van der Waals surface area contributed by atoms with Gasteiger partial charge in [-0.3, -0.25) is 0 Å². The first-order valence-corrected chi connectivity index (χ1v) is 9.66. The summed E-state index contributed by atoms with van der Waals surface area (Å²) in [5.74, 6) is -0.799. The summed E-state index contributed by atoms with van der Waals surface area (Å²) in [4.78, 5) is 26.1. The highest BCUT2D eigenvalue weighted by Crippen LogP contribution is 2.49. The fourth-order valence-electron chi connectivity index (χ4n) is 4.26. The molecule has 0 saturated carbocycles. The Morgan fingerprint density at radius 2 is 1.23 bits per heavy atom. The second-order valence-electron chi connectivity index (χ2n) is 7.35. The van der Waals surface area contributed by atoms with E-state index in [1.165, 1.54) is 18.2 Å². The van der Waals surface area contributed by atoms with Gasteiger partial charge in [0.15, 0.2) is 0 Å². The number of ether oxygens (including phenoxy) is 1. The molecule has 3 heterocycles. The summed E-state index contributed by atoms with van der Waals surface area (Å²) in [6, 6.07) is 19.8. The first kappa shape index (κ1) is 17.7. The second kappa shape index (κ2) is 6.40. The lowest BCUT2D eigenvalue weighted by molar-refractivity contribution is 0.428. The van der Waals surface area contributed by atoms with Crippen molar-refractivity contribution in [3.05, 3.63) is 116 Å². The van der Waals surface area contributed by atoms with Crippen molar-refractivity contribution in [2.45, 2.75) is 5.92 Å². The van der Waals surface area contributed by atoms with Crippen molar-refractivity contribution in [2.24, 2.45) is 0 Å². The van der Waals surface area contributed by atoms with Crippen LogP contribution in [0.3, 0.4) is 0 Å². The minimum Gasteiger partial charge on any atom is -0.455 e. The predicted molar refractivity (Wildman–Crippen MR) is 112 cm³/mol. The zero-order valence-corrected chi connectivity index (χ0v) is 15.9. The molecule has 5 aromatic rings. The molecular weight excluding hydrogens is 399 g/mol. The van der Waals surface area contributed by atoms with Crippen LogP contribution in [0, 0.1) is 5.82 Å². The van der Waals surface area contributed by atoms with Crippen LogP contribution in [0.4, 0.5) is 4.39 Å². The van der Waals surface area contributed by atoms with Crippen LogP contribution in [-0.2, 0) is 0 Å². The molecule has 0 radical (unpaired) electrons. The van der Waals surface area contributed by atoms with Crippen molar-refractivity contribution in [1.29, 1.82) is 0 Å². The lowest BCUT2D eigenvalue weighted by Gasteiger charge is -2.27. The number of rotatable bonds is 1. The first-order valence-electron chi connectivity index (χ1n) is 9.66. The fourth-order valence-corrected chi connectivity index (χ4v) is 4.26. The molecule has 0 unspecified atom stereocenters. The average Bonchev–Trinajstić information content (AvgIpc) is 2.78. The normalized spacial score (nSPS) is 13.1. The Bertz CT molecular complexity index is 1530. The highest BCUT2D eigenvalue weighted by molar-refractivity contribution is 5.90. The van der Waals surface area contributed by atoms with E-state index in [4.69, 9.17) is 13.6 Å². The highest BCUT2D eigenvalue weighted by Gasteiger charge is 2.38. The van der Waals surface area contributed by atoms with Gasteiger partial charge in [-0.1, -0.05) is 36.4 Å². The van der Waals surface area contributed by atoms with E-state index in [2.05, 4.69) is 0 Å².